The Bertz CT molecular complexity index is 2560. The first-order valence-corrected chi connectivity index (χ1v) is 15.2. The lowest BCUT2D eigenvalue weighted by molar-refractivity contribution is 0.661. The van der Waals surface area contributed by atoms with Crippen LogP contribution in [-0.2, 0) is 5.41 Å². The van der Waals surface area contributed by atoms with Crippen LogP contribution >= 0.6 is 11.3 Å². The third-order valence-corrected chi connectivity index (χ3v) is 10.9. The lowest BCUT2D eigenvalue weighted by Gasteiger charge is -2.22. The Kier molecular flexibility index (Phi) is 3.95. The monoisotopic (exact) mass is 539 g/mol. The maximum Gasteiger partial charge on any atom is 0.0548 e. The summed E-state index contributed by atoms with van der Waals surface area (Å²) in [5.41, 5.74) is 9.32. The molecule has 10 rings (SSSR count). The van der Waals surface area contributed by atoms with Crippen LogP contribution in [0.15, 0.2) is 115 Å². The van der Waals surface area contributed by atoms with Crippen LogP contribution in [0, 0.1) is 0 Å². The van der Waals surface area contributed by atoms with E-state index in [1.807, 2.05) is 11.3 Å². The van der Waals surface area contributed by atoms with Gasteiger partial charge in [-0.25, -0.2) is 0 Å². The molecule has 9 aromatic rings. The van der Waals surface area contributed by atoms with Gasteiger partial charge in [0, 0.05) is 41.7 Å². The first-order valence-electron chi connectivity index (χ1n) is 14.4. The first-order chi connectivity index (χ1) is 20.1. The van der Waals surface area contributed by atoms with E-state index in [9.17, 15) is 0 Å². The Balaban J connectivity index is 1.42. The van der Waals surface area contributed by atoms with Crippen LogP contribution in [0.5, 0.6) is 0 Å². The molecule has 0 atom stereocenters. The number of hydrogen-bond acceptors (Lipinski definition) is 1. The van der Waals surface area contributed by atoms with Crippen molar-refractivity contribution in [3.63, 3.8) is 0 Å². The third-order valence-electron chi connectivity index (χ3n) is 9.74. The molecule has 0 unspecified atom stereocenters. The molecule has 2 aromatic heterocycles. The van der Waals surface area contributed by atoms with E-state index in [0.717, 1.165) is 0 Å². The van der Waals surface area contributed by atoms with E-state index in [1.165, 1.54) is 91.5 Å². The van der Waals surface area contributed by atoms with Crippen molar-refractivity contribution in [1.29, 1.82) is 0 Å². The minimum atomic E-state index is -0.0509. The van der Waals surface area contributed by atoms with Crippen LogP contribution in [0.4, 0.5) is 0 Å². The molecule has 0 fully saturated rings. The molecule has 1 aliphatic carbocycles. The van der Waals surface area contributed by atoms with Gasteiger partial charge < -0.3 is 4.57 Å². The van der Waals surface area contributed by atoms with Crippen LogP contribution < -0.4 is 0 Å². The minimum Gasteiger partial charge on any atom is -0.309 e. The van der Waals surface area contributed by atoms with E-state index < -0.39 is 0 Å². The molecule has 0 aliphatic heterocycles. The molecular weight excluding hydrogens is 515 g/mol. The topological polar surface area (TPSA) is 4.93 Å². The van der Waals surface area contributed by atoms with Crippen molar-refractivity contribution in [1.82, 2.24) is 4.57 Å². The zero-order chi connectivity index (χ0) is 27.0. The van der Waals surface area contributed by atoms with E-state index in [2.05, 4.69) is 134 Å². The van der Waals surface area contributed by atoms with E-state index in [1.54, 1.807) is 0 Å². The second-order valence-electron chi connectivity index (χ2n) is 12.1. The fraction of sp³-hybridized carbons (Fsp3) is 0.0769. The van der Waals surface area contributed by atoms with Crippen LogP contribution in [0.1, 0.15) is 25.0 Å². The molecule has 192 valence electrons. The normalized spacial score (nSPS) is 14.3. The molecular formula is C39H25NS. The van der Waals surface area contributed by atoms with Gasteiger partial charge in [0.15, 0.2) is 0 Å². The second kappa shape index (κ2) is 7.34. The number of thiophene rings is 1. The summed E-state index contributed by atoms with van der Waals surface area (Å²) >= 11 is 1.91. The van der Waals surface area contributed by atoms with Crippen molar-refractivity contribution in [3.8, 4) is 16.8 Å². The molecule has 41 heavy (non-hydrogen) atoms. The second-order valence-corrected chi connectivity index (χ2v) is 13.2. The molecule has 7 aromatic carbocycles. The summed E-state index contributed by atoms with van der Waals surface area (Å²) in [6.07, 6.45) is 0. The molecule has 0 N–H and O–H groups in total. The van der Waals surface area contributed by atoms with E-state index in [-0.39, 0.29) is 5.41 Å². The minimum absolute atomic E-state index is 0.0509. The fourth-order valence-electron chi connectivity index (χ4n) is 7.94. The summed E-state index contributed by atoms with van der Waals surface area (Å²) in [5, 5.41) is 10.8. The number of hydrogen-bond donors (Lipinski definition) is 0. The van der Waals surface area contributed by atoms with Gasteiger partial charge in [-0.2, -0.15) is 0 Å². The summed E-state index contributed by atoms with van der Waals surface area (Å²) < 4.78 is 5.27. The summed E-state index contributed by atoms with van der Waals surface area (Å²) in [5.74, 6) is 0. The third kappa shape index (κ3) is 2.58. The summed E-state index contributed by atoms with van der Waals surface area (Å²) in [6.45, 7) is 4.75. The summed E-state index contributed by atoms with van der Waals surface area (Å²) in [6, 6.07) is 43.4. The Hall–Kier alpha value is -4.66. The van der Waals surface area contributed by atoms with Crippen LogP contribution in [0.2, 0.25) is 0 Å². The van der Waals surface area contributed by atoms with Crippen LogP contribution in [-0.4, -0.2) is 4.57 Å². The summed E-state index contributed by atoms with van der Waals surface area (Å²) in [4.78, 5) is 0. The lowest BCUT2D eigenvalue weighted by atomic mass is 9.82. The fourth-order valence-corrected chi connectivity index (χ4v) is 9.08. The average molecular weight is 540 g/mol. The van der Waals surface area contributed by atoms with Gasteiger partial charge in [0.05, 0.1) is 16.7 Å². The zero-order valence-electron chi connectivity index (χ0n) is 22.8. The predicted octanol–water partition coefficient (Wildman–Crippen LogP) is 11.2. The molecule has 2 heterocycles. The largest absolute Gasteiger partial charge is 0.309 e. The highest BCUT2D eigenvalue weighted by Crippen LogP contribution is 2.52. The highest BCUT2D eigenvalue weighted by atomic mass is 32.1. The number of fused-ring (bicyclic) bond motifs is 9. The molecule has 0 amide bonds. The van der Waals surface area contributed by atoms with Crippen molar-refractivity contribution in [2.24, 2.45) is 0 Å². The molecule has 0 bridgehead atoms. The van der Waals surface area contributed by atoms with Crippen molar-refractivity contribution < 1.29 is 0 Å². The van der Waals surface area contributed by atoms with Gasteiger partial charge >= 0.3 is 0 Å². The SMILES string of the molecule is CC1(C)c2ccccc2-c2cc3c4ccccc4n(-c4ccc5sc6cccc7c8ccccc8c4c5c67)c3cc21. The first kappa shape index (κ1) is 22.1. The van der Waals surface area contributed by atoms with E-state index >= 15 is 0 Å². The average Bonchev–Trinajstić information content (AvgIpc) is 3.62. The lowest BCUT2D eigenvalue weighted by Crippen LogP contribution is -2.15. The van der Waals surface area contributed by atoms with Gasteiger partial charge in [-0.15, -0.1) is 11.3 Å². The Morgan fingerprint density at radius 1 is 0.488 bits per heavy atom. The van der Waals surface area contributed by atoms with Crippen molar-refractivity contribution >= 4 is 74.9 Å². The number of nitrogens with zero attached hydrogens (tertiary/aromatic N) is 1. The molecule has 0 spiro atoms. The molecule has 0 saturated heterocycles. The number of aromatic nitrogens is 1. The van der Waals surface area contributed by atoms with Crippen molar-refractivity contribution in [2.75, 3.05) is 0 Å². The van der Waals surface area contributed by atoms with Gasteiger partial charge in [0.1, 0.15) is 0 Å². The smallest absolute Gasteiger partial charge is 0.0548 e. The van der Waals surface area contributed by atoms with Gasteiger partial charge in [0.2, 0.25) is 0 Å². The molecule has 1 nitrogen and oxygen atoms in total. The molecule has 1 aliphatic rings. The highest BCUT2D eigenvalue weighted by molar-refractivity contribution is 7.26. The highest BCUT2D eigenvalue weighted by Gasteiger charge is 2.36. The van der Waals surface area contributed by atoms with Gasteiger partial charge in [-0.1, -0.05) is 92.7 Å². The Morgan fingerprint density at radius 2 is 1.20 bits per heavy atom. The Labute approximate surface area is 241 Å². The van der Waals surface area contributed by atoms with Crippen LogP contribution in [0.25, 0.3) is 80.3 Å². The van der Waals surface area contributed by atoms with E-state index in [4.69, 9.17) is 0 Å². The van der Waals surface area contributed by atoms with Crippen molar-refractivity contribution in [3.05, 3.63) is 126 Å². The number of para-hydroxylation sites is 1. The van der Waals surface area contributed by atoms with Gasteiger partial charge in [-0.05, 0) is 74.8 Å². The maximum atomic E-state index is 2.55. The Morgan fingerprint density at radius 3 is 2.10 bits per heavy atom. The predicted molar refractivity (Wildman–Crippen MR) is 177 cm³/mol. The standard InChI is InChI=1S/C39H25NS/c1-39(2)29-15-7-5-11-23(29)27-20-28-24-12-6-8-16-31(24)40(33(28)21-30(27)39)32-18-19-35-38-36(32)25-13-4-3-10-22(25)26-14-9-17-34(41-35)37(26)38/h3-21H,1-2H3. The molecule has 2 heteroatoms. The molecule has 0 saturated carbocycles. The summed E-state index contributed by atoms with van der Waals surface area (Å²) in [7, 11) is 0. The molecule has 0 radical (unpaired) electrons. The number of rotatable bonds is 1. The maximum absolute atomic E-state index is 2.55. The van der Waals surface area contributed by atoms with Crippen molar-refractivity contribution in [2.45, 2.75) is 19.3 Å². The zero-order valence-corrected chi connectivity index (χ0v) is 23.6. The van der Waals surface area contributed by atoms with E-state index in [0.29, 0.717) is 0 Å². The van der Waals surface area contributed by atoms with Gasteiger partial charge in [-0.3, -0.25) is 0 Å². The van der Waals surface area contributed by atoms with Crippen LogP contribution in [0.3, 0.4) is 0 Å². The van der Waals surface area contributed by atoms with Gasteiger partial charge in [0.25, 0.3) is 0 Å². The quantitative estimate of drug-likeness (QED) is 0.183. The number of benzene rings is 7.